The van der Waals surface area contributed by atoms with E-state index >= 15 is 0 Å². The highest BCUT2D eigenvalue weighted by molar-refractivity contribution is 7.91. The Morgan fingerprint density at radius 1 is 1.62 bits per heavy atom. The summed E-state index contributed by atoms with van der Waals surface area (Å²) in [5.41, 5.74) is 0.682. The van der Waals surface area contributed by atoms with Gasteiger partial charge in [-0.25, -0.2) is 18.4 Å². The van der Waals surface area contributed by atoms with E-state index < -0.39 is 10.0 Å². The number of aromatic nitrogens is 2. The van der Waals surface area contributed by atoms with Crippen LogP contribution in [0.3, 0.4) is 0 Å². The quantitative estimate of drug-likeness (QED) is 0.757. The second kappa shape index (κ2) is 3.69. The van der Waals surface area contributed by atoms with Crippen LogP contribution >= 0.6 is 0 Å². The fraction of sp³-hybridized carbons (Fsp3) is 0.429. The molecule has 0 aliphatic heterocycles. The molecule has 0 fully saturated rings. The Morgan fingerprint density at radius 3 is 2.85 bits per heavy atom. The van der Waals surface area contributed by atoms with Gasteiger partial charge in [0.05, 0.1) is 11.9 Å². The molecule has 5 nitrogen and oxygen atoms in total. The molecule has 6 heteroatoms. The second-order valence-corrected chi connectivity index (χ2v) is 4.26. The maximum absolute atomic E-state index is 10.8. The lowest BCUT2D eigenvalue weighted by Gasteiger charge is -2.01. The van der Waals surface area contributed by atoms with Crippen molar-refractivity contribution >= 4 is 16.0 Å². The molecule has 1 N–H and O–H groups in total. The molecule has 0 bridgehead atoms. The maximum Gasteiger partial charge on any atom is 0.236 e. The summed E-state index contributed by atoms with van der Waals surface area (Å²) >= 11 is 0. The van der Waals surface area contributed by atoms with Crippen LogP contribution in [0.4, 0.5) is 5.95 Å². The van der Waals surface area contributed by atoms with E-state index in [4.69, 9.17) is 0 Å². The Morgan fingerprint density at radius 2 is 2.31 bits per heavy atom. The number of nitrogens with one attached hydrogen (secondary N) is 1. The summed E-state index contributed by atoms with van der Waals surface area (Å²) in [4.78, 5) is 7.64. The molecule has 0 amide bonds. The number of anilines is 1. The molecule has 1 heterocycles. The zero-order chi connectivity index (χ0) is 9.90. The summed E-state index contributed by atoms with van der Waals surface area (Å²) in [6.07, 6.45) is 3.15. The predicted octanol–water partition coefficient (Wildman–Crippen LogP) is 0.211. The highest BCUT2D eigenvalue weighted by Gasteiger charge is 2.04. The number of aryl methyl sites for hydroxylation is 1. The first-order chi connectivity index (χ1) is 6.01. The van der Waals surface area contributed by atoms with Crippen molar-refractivity contribution in [1.29, 1.82) is 0 Å². The normalized spacial score (nSPS) is 11.2. The maximum atomic E-state index is 10.8. The lowest BCUT2D eigenvalue weighted by Crippen LogP contribution is -2.12. The smallest absolute Gasteiger partial charge is 0.236 e. The first-order valence-corrected chi connectivity index (χ1v) is 5.62. The summed E-state index contributed by atoms with van der Waals surface area (Å²) in [7, 11) is -3.29. The molecule has 1 aromatic rings. The van der Waals surface area contributed by atoms with Gasteiger partial charge >= 0.3 is 0 Å². The van der Waals surface area contributed by atoms with Crippen LogP contribution in [0.1, 0.15) is 12.6 Å². The van der Waals surface area contributed by atoms with Crippen LogP contribution in [0.15, 0.2) is 6.20 Å². The van der Waals surface area contributed by atoms with Crippen LogP contribution < -0.4 is 4.72 Å². The van der Waals surface area contributed by atoms with Crippen molar-refractivity contribution in [2.75, 3.05) is 11.0 Å². The van der Waals surface area contributed by atoms with Crippen LogP contribution in [0, 0.1) is 6.07 Å². The molecule has 0 aliphatic carbocycles. The summed E-state index contributed by atoms with van der Waals surface area (Å²) in [5.74, 6) is 0.0955. The molecule has 13 heavy (non-hydrogen) atoms. The Balaban J connectivity index is 2.90. The summed E-state index contributed by atoms with van der Waals surface area (Å²) < 4.78 is 23.8. The van der Waals surface area contributed by atoms with Gasteiger partial charge in [0.1, 0.15) is 0 Å². The first kappa shape index (κ1) is 9.91. The number of hydrogen-bond donors (Lipinski definition) is 1. The van der Waals surface area contributed by atoms with Gasteiger partial charge in [0.25, 0.3) is 0 Å². The number of hydrogen-bond acceptors (Lipinski definition) is 4. The van der Waals surface area contributed by atoms with E-state index in [1.807, 2.05) is 6.92 Å². The van der Waals surface area contributed by atoms with Gasteiger partial charge in [0.15, 0.2) is 0 Å². The fourth-order valence-corrected chi connectivity index (χ4v) is 1.18. The Hall–Kier alpha value is -1.17. The van der Waals surface area contributed by atoms with Crippen LogP contribution in [0.2, 0.25) is 0 Å². The third-order valence-corrected chi connectivity index (χ3v) is 1.82. The molecule has 0 unspecified atom stereocenters. The zero-order valence-corrected chi connectivity index (χ0v) is 8.22. The highest BCUT2D eigenvalue weighted by atomic mass is 32.2. The predicted molar refractivity (Wildman–Crippen MR) is 48.7 cm³/mol. The molecule has 1 rings (SSSR count). The lowest BCUT2D eigenvalue weighted by atomic mass is 10.3. The summed E-state index contributed by atoms with van der Waals surface area (Å²) in [6.45, 7) is 1.91. The molecule has 0 aliphatic rings. The largest absolute Gasteiger partial charge is 0.251 e. The van der Waals surface area contributed by atoms with E-state index in [9.17, 15) is 8.42 Å². The summed E-state index contributed by atoms with van der Waals surface area (Å²) in [6, 6.07) is 2.79. The number of sulfonamides is 1. The van der Waals surface area contributed by atoms with Gasteiger partial charge in [-0.2, -0.15) is 0 Å². The average molecular weight is 200 g/mol. The number of rotatable bonds is 3. The molecule has 0 saturated carbocycles. The first-order valence-electron chi connectivity index (χ1n) is 3.72. The molecule has 1 radical (unpaired) electrons. The van der Waals surface area contributed by atoms with Gasteiger partial charge in [-0.05, 0) is 6.42 Å². The van der Waals surface area contributed by atoms with Crippen LogP contribution in [-0.2, 0) is 16.4 Å². The molecular weight excluding hydrogens is 190 g/mol. The standard InChI is InChI=1S/C7H10N3O2S/c1-3-6-4-5-8-7(9-6)10-13(2,11)12/h5H,3H2,1-2H3,(H,8,9,10). The molecule has 0 atom stereocenters. The van der Waals surface area contributed by atoms with Crippen molar-refractivity contribution in [3.05, 3.63) is 18.0 Å². The van der Waals surface area contributed by atoms with Crippen molar-refractivity contribution in [2.45, 2.75) is 13.3 Å². The van der Waals surface area contributed by atoms with E-state index in [-0.39, 0.29) is 5.95 Å². The number of nitrogens with zero attached hydrogens (tertiary/aromatic N) is 2. The molecule has 0 aromatic carbocycles. The van der Waals surface area contributed by atoms with E-state index in [0.29, 0.717) is 12.1 Å². The molecule has 0 spiro atoms. The van der Waals surface area contributed by atoms with Crippen molar-refractivity contribution < 1.29 is 8.42 Å². The van der Waals surface area contributed by atoms with Gasteiger partial charge in [-0.1, -0.05) is 6.92 Å². The lowest BCUT2D eigenvalue weighted by molar-refractivity contribution is 0.606. The van der Waals surface area contributed by atoms with Gasteiger partial charge in [-0.15, -0.1) is 0 Å². The minimum absolute atomic E-state index is 0.0955. The molecular formula is C7H10N3O2S. The van der Waals surface area contributed by atoms with Gasteiger partial charge in [0, 0.05) is 12.3 Å². The van der Waals surface area contributed by atoms with Crippen LogP contribution in [0.25, 0.3) is 0 Å². The van der Waals surface area contributed by atoms with Gasteiger partial charge in [0.2, 0.25) is 16.0 Å². The monoisotopic (exact) mass is 200 g/mol. The second-order valence-electron chi connectivity index (χ2n) is 2.51. The van der Waals surface area contributed by atoms with E-state index in [2.05, 4.69) is 20.8 Å². The minimum atomic E-state index is -3.29. The topological polar surface area (TPSA) is 72.0 Å². The van der Waals surface area contributed by atoms with Crippen molar-refractivity contribution in [2.24, 2.45) is 0 Å². The van der Waals surface area contributed by atoms with Gasteiger partial charge < -0.3 is 0 Å². The van der Waals surface area contributed by atoms with E-state index in [1.54, 1.807) is 0 Å². The Kier molecular flexibility index (Phi) is 2.82. The summed E-state index contributed by atoms with van der Waals surface area (Å²) in [5, 5.41) is 0. The average Bonchev–Trinajstić information content (AvgIpc) is 2.01. The minimum Gasteiger partial charge on any atom is -0.251 e. The Labute approximate surface area is 77.3 Å². The van der Waals surface area contributed by atoms with Crippen molar-refractivity contribution in [3.8, 4) is 0 Å². The fourth-order valence-electron chi connectivity index (χ4n) is 0.753. The van der Waals surface area contributed by atoms with Crippen LogP contribution in [-0.4, -0.2) is 24.6 Å². The Bertz CT molecular complexity index is 388. The SMILES string of the molecule is CCc1[c]cnc(NS(C)(=O)=O)n1. The van der Waals surface area contributed by atoms with E-state index in [1.165, 1.54) is 6.20 Å². The molecule has 1 aromatic heterocycles. The van der Waals surface area contributed by atoms with Crippen LogP contribution in [0.5, 0.6) is 0 Å². The molecule has 0 saturated heterocycles. The third-order valence-electron chi connectivity index (χ3n) is 1.27. The molecule has 71 valence electrons. The third kappa shape index (κ3) is 3.37. The van der Waals surface area contributed by atoms with Crippen molar-refractivity contribution in [3.63, 3.8) is 0 Å². The van der Waals surface area contributed by atoms with Gasteiger partial charge in [-0.3, -0.25) is 4.72 Å². The highest BCUT2D eigenvalue weighted by Crippen LogP contribution is 2.01. The van der Waals surface area contributed by atoms with Crippen molar-refractivity contribution in [1.82, 2.24) is 9.97 Å². The zero-order valence-electron chi connectivity index (χ0n) is 7.40. The van der Waals surface area contributed by atoms with E-state index in [0.717, 1.165) is 6.26 Å².